The minimum Gasteiger partial charge on any atom is -0.748 e. The molecule has 29 heavy (non-hydrogen) atoms. The SMILES string of the molecule is CNc1ccccc1Cc1ccc[c-]1Cc1ccccc1NC.[Fe].[cH-]1[cH-][cH-][cH-][cH-]1. The van der Waals surface area contributed by atoms with Crippen LogP contribution in [0.4, 0.5) is 11.4 Å². The molecule has 0 aliphatic carbocycles. The molecule has 0 aliphatic heterocycles. The van der Waals surface area contributed by atoms with E-state index in [2.05, 4.69) is 77.4 Å². The fourth-order valence-electron chi connectivity index (χ4n) is 3.41. The second-order valence-corrected chi connectivity index (χ2v) is 6.71. The summed E-state index contributed by atoms with van der Waals surface area (Å²) in [5, 5.41) is 6.57. The van der Waals surface area contributed by atoms with Crippen molar-refractivity contribution in [2.24, 2.45) is 0 Å². The number of rotatable bonds is 6. The zero-order valence-electron chi connectivity index (χ0n) is 17.0. The number of anilines is 2. The molecule has 0 aromatic heterocycles. The molecular formula is C26H28FeN2-6. The molecule has 4 aromatic carbocycles. The Kier molecular flexibility index (Phi) is 9.30. The van der Waals surface area contributed by atoms with Crippen LogP contribution in [0.3, 0.4) is 0 Å². The molecule has 156 valence electrons. The molecule has 0 saturated carbocycles. The molecule has 3 heteroatoms. The molecule has 0 amide bonds. The van der Waals surface area contributed by atoms with Crippen molar-refractivity contribution in [2.45, 2.75) is 12.8 Å². The molecule has 2 nitrogen and oxygen atoms in total. The monoisotopic (exact) mass is 424 g/mol. The molecule has 4 rings (SSSR count). The first-order valence-corrected chi connectivity index (χ1v) is 9.73. The van der Waals surface area contributed by atoms with E-state index in [0.29, 0.717) is 0 Å². The summed E-state index contributed by atoms with van der Waals surface area (Å²) in [7, 11) is 3.96. The zero-order chi connectivity index (χ0) is 19.6. The summed E-state index contributed by atoms with van der Waals surface area (Å²) < 4.78 is 0. The predicted octanol–water partition coefficient (Wildman–Crippen LogP) is 6.07. The van der Waals surface area contributed by atoms with Gasteiger partial charge in [-0.05, 0) is 36.1 Å². The average molecular weight is 424 g/mol. The van der Waals surface area contributed by atoms with E-state index in [4.69, 9.17) is 0 Å². The normalized spacial score (nSPS) is 9.72. The summed E-state index contributed by atoms with van der Waals surface area (Å²) in [5.41, 5.74) is 7.89. The van der Waals surface area contributed by atoms with Crippen LogP contribution in [-0.2, 0) is 29.9 Å². The molecule has 0 bridgehead atoms. The Morgan fingerprint density at radius 3 is 1.79 bits per heavy atom. The molecule has 0 aliphatic rings. The Bertz CT molecular complexity index is 873. The van der Waals surface area contributed by atoms with Crippen molar-refractivity contribution in [1.29, 1.82) is 0 Å². The quantitative estimate of drug-likeness (QED) is 0.290. The maximum atomic E-state index is 3.29. The van der Waals surface area contributed by atoms with Gasteiger partial charge in [0.1, 0.15) is 0 Å². The standard InChI is InChI=1S/C21H23N2.C5H5.Fe/c1-22-20-12-5-3-8-18(20)14-16-10-7-11-17(16)15-19-9-4-6-13-21(19)23-2;1-2-4-5-3-1;/h3-13,22-23H,14-15H2,1-2H3;1-5H;/q-1;-5;. The average Bonchev–Trinajstić information content (AvgIpc) is 3.45. The fraction of sp³-hybridized carbons (Fsp3) is 0.154. The summed E-state index contributed by atoms with van der Waals surface area (Å²) in [6.45, 7) is 0. The van der Waals surface area contributed by atoms with Crippen molar-refractivity contribution in [2.75, 3.05) is 24.7 Å². The van der Waals surface area contributed by atoms with E-state index in [0.717, 1.165) is 12.8 Å². The fourth-order valence-corrected chi connectivity index (χ4v) is 3.41. The van der Waals surface area contributed by atoms with Crippen molar-refractivity contribution >= 4 is 11.4 Å². The molecule has 0 unspecified atom stereocenters. The summed E-state index contributed by atoms with van der Waals surface area (Å²) >= 11 is 0. The summed E-state index contributed by atoms with van der Waals surface area (Å²) in [6.07, 6.45) is 1.92. The van der Waals surface area contributed by atoms with E-state index in [-0.39, 0.29) is 17.1 Å². The van der Waals surface area contributed by atoms with E-state index < -0.39 is 0 Å². The molecule has 0 spiro atoms. The number of para-hydroxylation sites is 2. The van der Waals surface area contributed by atoms with E-state index in [1.807, 2.05) is 44.4 Å². The first-order valence-electron chi connectivity index (χ1n) is 9.73. The van der Waals surface area contributed by atoms with Gasteiger partial charge in [-0.1, -0.05) is 36.4 Å². The third kappa shape index (κ3) is 6.39. The van der Waals surface area contributed by atoms with Crippen molar-refractivity contribution in [3.63, 3.8) is 0 Å². The van der Waals surface area contributed by atoms with Gasteiger partial charge in [0.2, 0.25) is 0 Å². The second-order valence-electron chi connectivity index (χ2n) is 6.71. The predicted molar refractivity (Wildman–Crippen MR) is 122 cm³/mol. The summed E-state index contributed by atoms with van der Waals surface area (Å²) in [5.74, 6) is 0. The van der Waals surface area contributed by atoms with Crippen molar-refractivity contribution in [3.05, 3.63) is 119 Å². The Hall–Kier alpha value is -2.74. The van der Waals surface area contributed by atoms with Crippen molar-refractivity contribution in [1.82, 2.24) is 0 Å². The number of hydrogen-bond donors (Lipinski definition) is 2. The van der Waals surface area contributed by atoms with Crippen LogP contribution in [0.15, 0.2) is 97.1 Å². The molecule has 0 radical (unpaired) electrons. The molecule has 0 heterocycles. The van der Waals surface area contributed by atoms with Gasteiger partial charge in [-0.3, -0.25) is 0 Å². The van der Waals surface area contributed by atoms with Crippen molar-refractivity contribution in [3.8, 4) is 0 Å². The Morgan fingerprint density at radius 2 is 1.21 bits per heavy atom. The van der Waals surface area contributed by atoms with E-state index >= 15 is 0 Å². The summed E-state index contributed by atoms with van der Waals surface area (Å²) in [4.78, 5) is 0. The molecule has 0 saturated heterocycles. The van der Waals surface area contributed by atoms with E-state index in [9.17, 15) is 0 Å². The third-order valence-electron chi connectivity index (χ3n) is 4.90. The molecule has 4 aromatic rings. The van der Waals surface area contributed by atoms with Gasteiger partial charge >= 0.3 is 0 Å². The van der Waals surface area contributed by atoms with Gasteiger partial charge in [0, 0.05) is 42.5 Å². The third-order valence-corrected chi connectivity index (χ3v) is 4.90. The van der Waals surface area contributed by atoms with Crippen LogP contribution in [0, 0.1) is 0 Å². The Morgan fingerprint density at radius 1 is 0.690 bits per heavy atom. The maximum Gasteiger partial charge on any atom is 0.0372 e. The Labute approximate surface area is 185 Å². The van der Waals surface area contributed by atoms with E-state index in [1.165, 1.54) is 33.6 Å². The minimum atomic E-state index is 0. The van der Waals surface area contributed by atoms with Gasteiger partial charge in [-0.15, -0.1) is 5.56 Å². The summed E-state index contributed by atoms with van der Waals surface area (Å²) in [6, 6.07) is 33.7. The van der Waals surface area contributed by atoms with Gasteiger partial charge in [0.15, 0.2) is 0 Å². The van der Waals surface area contributed by atoms with Crippen LogP contribution < -0.4 is 10.6 Å². The smallest absolute Gasteiger partial charge is 0.0372 e. The maximum absolute atomic E-state index is 3.29. The van der Waals surface area contributed by atoms with Crippen LogP contribution in [-0.4, -0.2) is 14.1 Å². The number of nitrogens with one attached hydrogen (secondary N) is 2. The van der Waals surface area contributed by atoms with Crippen LogP contribution in [0.1, 0.15) is 22.3 Å². The van der Waals surface area contributed by atoms with Crippen LogP contribution >= 0.6 is 0 Å². The van der Waals surface area contributed by atoms with Gasteiger partial charge in [-0.25, -0.2) is 12.1 Å². The van der Waals surface area contributed by atoms with Crippen molar-refractivity contribution < 1.29 is 17.1 Å². The van der Waals surface area contributed by atoms with Crippen LogP contribution in [0.2, 0.25) is 0 Å². The molecular weight excluding hydrogens is 396 g/mol. The first kappa shape index (κ1) is 22.5. The number of hydrogen-bond acceptors (Lipinski definition) is 2. The topological polar surface area (TPSA) is 24.1 Å². The largest absolute Gasteiger partial charge is 0.748 e. The van der Waals surface area contributed by atoms with Gasteiger partial charge in [0.25, 0.3) is 0 Å². The van der Waals surface area contributed by atoms with Gasteiger partial charge in [-0.2, -0.15) is 11.6 Å². The second kappa shape index (κ2) is 12.0. The first-order chi connectivity index (χ1) is 13.8. The molecule has 0 atom stereocenters. The van der Waals surface area contributed by atoms with Crippen LogP contribution in [0.25, 0.3) is 0 Å². The van der Waals surface area contributed by atoms with Crippen LogP contribution in [0.5, 0.6) is 0 Å². The Balaban J connectivity index is 0.000000437. The van der Waals surface area contributed by atoms with Gasteiger partial charge in [0.05, 0.1) is 0 Å². The zero-order valence-corrected chi connectivity index (χ0v) is 18.1. The minimum absolute atomic E-state index is 0. The van der Waals surface area contributed by atoms with Gasteiger partial charge < -0.3 is 41.0 Å². The molecule has 0 fully saturated rings. The van der Waals surface area contributed by atoms with E-state index in [1.54, 1.807) is 0 Å². The molecule has 2 N–H and O–H groups in total. The number of benzene rings is 2.